The zero-order valence-corrected chi connectivity index (χ0v) is 11.0. The van der Waals surface area contributed by atoms with Crippen molar-refractivity contribution in [3.63, 3.8) is 0 Å². The Hall–Kier alpha value is -0.940. The number of aromatic nitrogens is 3. The van der Waals surface area contributed by atoms with E-state index in [0.29, 0.717) is 6.04 Å². The van der Waals surface area contributed by atoms with Crippen LogP contribution in [0.15, 0.2) is 6.20 Å². The maximum atomic E-state index is 5.56. The highest BCUT2D eigenvalue weighted by Crippen LogP contribution is 2.09. The summed E-state index contributed by atoms with van der Waals surface area (Å²) < 4.78 is 1.73. The van der Waals surface area contributed by atoms with Crippen LogP contribution in [0.25, 0.3) is 0 Å². The molecule has 1 aromatic heterocycles. The summed E-state index contributed by atoms with van der Waals surface area (Å²) in [6, 6.07) is 0.313. The summed E-state index contributed by atoms with van der Waals surface area (Å²) >= 11 is 0. The van der Waals surface area contributed by atoms with Gasteiger partial charge in [-0.3, -0.25) is 16.0 Å². The normalized spacial score (nSPS) is 12.9. The highest BCUT2D eigenvalue weighted by molar-refractivity contribution is 4.95. The fourth-order valence-electron chi connectivity index (χ4n) is 1.98. The van der Waals surface area contributed by atoms with Crippen LogP contribution in [-0.2, 0) is 13.5 Å². The summed E-state index contributed by atoms with van der Waals surface area (Å²) in [6.07, 6.45) is 10.4. The lowest BCUT2D eigenvalue weighted by Gasteiger charge is -2.13. The van der Waals surface area contributed by atoms with Gasteiger partial charge < -0.3 is 0 Å². The summed E-state index contributed by atoms with van der Waals surface area (Å²) in [4.78, 5) is 0. The van der Waals surface area contributed by atoms with Gasteiger partial charge >= 0.3 is 0 Å². The maximum absolute atomic E-state index is 5.56. The van der Waals surface area contributed by atoms with Gasteiger partial charge in [-0.1, -0.05) is 44.2 Å². The second-order valence-corrected chi connectivity index (χ2v) is 4.65. The predicted octanol–water partition coefficient (Wildman–Crippen LogP) is 1.55. The molecule has 0 aliphatic heterocycles. The predicted molar refractivity (Wildman–Crippen MR) is 69.2 cm³/mol. The summed E-state index contributed by atoms with van der Waals surface area (Å²) in [5, 5.41) is 8.00. The minimum Gasteiger partial charge on any atom is -0.271 e. The van der Waals surface area contributed by atoms with E-state index in [9.17, 15) is 0 Å². The first kappa shape index (κ1) is 14.1. The number of nitrogens with two attached hydrogens (primary N) is 1. The molecule has 0 spiro atoms. The van der Waals surface area contributed by atoms with Gasteiger partial charge in [-0.15, -0.1) is 5.10 Å². The van der Waals surface area contributed by atoms with Gasteiger partial charge in [0.05, 0.1) is 5.69 Å². The van der Waals surface area contributed by atoms with Crippen molar-refractivity contribution < 1.29 is 0 Å². The monoisotopic (exact) mass is 239 g/mol. The smallest absolute Gasteiger partial charge is 0.0843 e. The summed E-state index contributed by atoms with van der Waals surface area (Å²) in [5.74, 6) is 5.56. The summed E-state index contributed by atoms with van der Waals surface area (Å²) in [5.41, 5.74) is 3.88. The Morgan fingerprint density at radius 1 is 1.35 bits per heavy atom. The molecule has 1 heterocycles. The fraction of sp³-hybridized carbons (Fsp3) is 0.833. The number of unbranched alkanes of at least 4 members (excludes halogenated alkanes) is 4. The van der Waals surface area contributed by atoms with Gasteiger partial charge in [0.1, 0.15) is 0 Å². The number of nitrogens with zero attached hydrogens (tertiary/aromatic N) is 3. The second kappa shape index (κ2) is 8.20. The van der Waals surface area contributed by atoms with Crippen molar-refractivity contribution in [1.29, 1.82) is 0 Å². The highest BCUT2D eigenvalue weighted by Gasteiger charge is 2.09. The lowest BCUT2D eigenvalue weighted by molar-refractivity contribution is 0.457. The first-order chi connectivity index (χ1) is 8.26. The number of aryl methyl sites for hydroxylation is 1. The van der Waals surface area contributed by atoms with E-state index in [1.165, 1.54) is 32.1 Å². The first-order valence-electron chi connectivity index (χ1n) is 6.57. The summed E-state index contributed by atoms with van der Waals surface area (Å²) in [7, 11) is 1.88. The number of rotatable bonds is 9. The molecule has 0 radical (unpaired) electrons. The maximum Gasteiger partial charge on any atom is 0.0843 e. The first-order valence-corrected chi connectivity index (χ1v) is 6.57. The van der Waals surface area contributed by atoms with Gasteiger partial charge in [0.25, 0.3) is 0 Å². The van der Waals surface area contributed by atoms with E-state index >= 15 is 0 Å². The number of hydrazine groups is 1. The molecule has 0 bridgehead atoms. The Bertz CT molecular complexity index is 297. The molecule has 17 heavy (non-hydrogen) atoms. The third kappa shape index (κ3) is 5.79. The molecule has 0 saturated carbocycles. The van der Waals surface area contributed by atoms with Crippen LogP contribution in [-0.4, -0.2) is 21.0 Å². The van der Waals surface area contributed by atoms with E-state index in [1.54, 1.807) is 4.68 Å². The Morgan fingerprint density at radius 3 is 2.71 bits per heavy atom. The molecule has 1 unspecified atom stereocenters. The van der Waals surface area contributed by atoms with Crippen LogP contribution in [0.5, 0.6) is 0 Å². The van der Waals surface area contributed by atoms with Crippen LogP contribution < -0.4 is 11.3 Å². The minimum atomic E-state index is 0.313. The third-order valence-corrected chi connectivity index (χ3v) is 3.00. The fourth-order valence-corrected chi connectivity index (χ4v) is 1.98. The van der Waals surface area contributed by atoms with E-state index in [4.69, 9.17) is 5.84 Å². The molecule has 1 atom stereocenters. The second-order valence-electron chi connectivity index (χ2n) is 4.65. The van der Waals surface area contributed by atoms with Crippen LogP contribution in [0.1, 0.15) is 51.1 Å². The molecule has 1 rings (SSSR count). The van der Waals surface area contributed by atoms with E-state index in [-0.39, 0.29) is 0 Å². The van der Waals surface area contributed by atoms with Crippen molar-refractivity contribution in [3.8, 4) is 0 Å². The Morgan fingerprint density at radius 2 is 2.12 bits per heavy atom. The largest absolute Gasteiger partial charge is 0.271 e. The molecule has 0 amide bonds. The van der Waals surface area contributed by atoms with Crippen LogP contribution in [0, 0.1) is 0 Å². The van der Waals surface area contributed by atoms with Gasteiger partial charge in [-0.2, -0.15) is 0 Å². The van der Waals surface area contributed by atoms with Crippen molar-refractivity contribution in [3.05, 3.63) is 11.9 Å². The standard InChI is InChI=1S/C12H25N5/c1-3-4-5-6-7-8-11(14-13)9-12-10-17(2)16-15-12/h10-11,14H,3-9,13H2,1-2H3. The lowest BCUT2D eigenvalue weighted by atomic mass is 10.0. The molecule has 3 N–H and O–H groups in total. The zero-order chi connectivity index (χ0) is 12.5. The molecule has 0 fully saturated rings. The Kier molecular flexibility index (Phi) is 6.81. The molecular weight excluding hydrogens is 214 g/mol. The van der Waals surface area contributed by atoms with Crippen LogP contribution in [0.2, 0.25) is 0 Å². The van der Waals surface area contributed by atoms with Gasteiger partial charge in [0.2, 0.25) is 0 Å². The summed E-state index contributed by atoms with van der Waals surface area (Å²) in [6.45, 7) is 2.23. The van der Waals surface area contributed by atoms with Gasteiger partial charge in [-0.25, -0.2) is 0 Å². The number of hydrogen-bond acceptors (Lipinski definition) is 4. The highest BCUT2D eigenvalue weighted by atomic mass is 15.4. The average molecular weight is 239 g/mol. The molecule has 5 heteroatoms. The topological polar surface area (TPSA) is 68.8 Å². The molecular formula is C12H25N5. The Labute approximate surface area is 104 Å². The van der Waals surface area contributed by atoms with Gasteiger partial charge in [0.15, 0.2) is 0 Å². The van der Waals surface area contributed by atoms with E-state index in [2.05, 4.69) is 22.7 Å². The zero-order valence-electron chi connectivity index (χ0n) is 11.0. The molecule has 1 aromatic rings. The molecule has 0 saturated heterocycles. The molecule has 0 aliphatic rings. The van der Waals surface area contributed by atoms with Gasteiger partial charge in [-0.05, 0) is 6.42 Å². The number of nitrogens with one attached hydrogen (secondary N) is 1. The molecule has 98 valence electrons. The van der Waals surface area contributed by atoms with Crippen LogP contribution in [0.4, 0.5) is 0 Å². The lowest BCUT2D eigenvalue weighted by Crippen LogP contribution is -2.36. The van der Waals surface area contributed by atoms with Crippen molar-refractivity contribution in [2.24, 2.45) is 12.9 Å². The van der Waals surface area contributed by atoms with E-state index in [0.717, 1.165) is 18.5 Å². The van der Waals surface area contributed by atoms with Crippen molar-refractivity contribution in [2.75, 3.05) is 0 Å². The Balaban J connectivity index is 2.19. The van der Waals surface area contributed by atoms with Crippen molar-refractivity contribution >= 4 is 0 Å². The third-order valence-electron chi connectivity index (χ3n) is 3.00. The van der Waals surface area contributed by atoms with E-state index in [1.807, 2.05) is 13.2 Å². The molecule has 5 nitrogen and oxygen atoms in total. The van der Waals surface area contributed by atoms with Crippen molar-refractivity contribution in [1.82, 2.24) is 20.4 Å². The van der Waals surface area contributed by atoms with Gasteiger partial charge in [0, 0.05) is 25.7 Å². The van der Waals surface area contributed by atoms with E-state index < -0.39 is 0 Å². The number of hydrogen-bond donors (Lipinski definition) is 2. The molecule has 0 aromatic carbocycles. The average Bonchev–Trinajstić information content (AvgIpc) is 2.73. The SMILES string of the molecule is CCCCCCCC(Cc1cn(C)nn1)NN. The van der Waals surface area contributed by atoms with Crippen LogP contribution >= 0.6 is 0 Å². The minimum absolute atomic E-state index is 0.313. The molecule has 0 aliphatic carbocycles. The van der Waals surface area contributed by atoms with Crippen molar-refractivity contribution in [2.45, 2.75) is 57.9 Å². The quantitative estimate of drug-likeness (QED) is 0.390. The van der Waals surface area contributed by atoms with Crippen LogP contribution in [0.3, 0.4) is 0 Å².